The summed E-state index contributed by atoms with van der Waals surface area (Å²) in [6.07, 6.45) is 1.14. The van der Waals surface area contributed by atoms with Gasteiger partial charge in [0.2, 0.25) is 5.82 Å². The molecule has 0 unspecified atom stereocenters. The number of H-pyrrole nitrogens is 1. The molecule has 0 aliphatic heterocycles. The normalized spacial score (nSPS) is 11.0. The van der Waals surface area contributed by atoms with E-state index in [-0.39, 0.29) is 4.77 Å². The lowest BCUT2D eigenvalue weighted by atomic mass is 10.2. The van der Waals surface area contributed by atoms with Crippen LogP contribution in [0.5, 0.6) is 0 Å². The summed E-state index contributed by atoms with van der Waals surface area (Å²) in [4.78, 5) is 2.52. The van der Waals surface area contributed by atoms with E-state index in [0.717, 1.165) is 6.20 Å². The molecule has 0 saturated heterocycles. The molecule has 2 nitrogen and oxygen atoms in total. The lowest BCUT2D eigenvalue weighted by Crippen LogP contribution is -2.09. The average Bonchev–Trinajstić information content (AvgIpc) is 2.64. The number of benzene rings is 1. The first-order chi connectivity index (χ1) is 8.34. The summed E-state index contributed by atoms with van der Waals surface area (Å²) in [5, 5.41) is 0. The van der Waals surface area contributed by atoms with E-state index in [4.69, 9.17) is 12.2 Å². The predicted molar refractivity (Wildman–Crippen MR) is 55.5 cm³/mol. The Balaban J connectivity index is 2.88. The molecule has 2 aromatic rings. The molecule has 0 amide bonds. The van der Waals surface area contributed by atoms with Crippen molar-refractivity contribution in [1.29, 1.82) is 0 Å². The molecule has 0 radical (unpaired) electrons. The third-order valence-electron chi connectivity index (χ3n) is 2.27. The largest absolute Gasteiger partial charge is 0.335 e. The summed E-state index contributed by atoms with van der Waals surface area (Å²) in [6.45, 7) is 1.53. The van der Waals surface area contributed by atoms with E-state index >= 15 is 0 Å². The van der Waals surface area contributed by atoms with Crippen molar-refractivity contribution < 1.29 is 22.0 Å². The standard InChI is InChI=1S/C10H5F5N2S/c1-3-2-17(10(18)16-3)9-7(14)5(12)4(11)6(13)8(9)15/h2H,1H3,(H,16,18). The molecule has 2 rings (SSSR count). The fourth-order valence-electron chi connectivity index (χ4n) is 1.48. The number of aryl methyl sites for hydroxylation is 1. The number of halogens is 5. The molecular formula is C10H5F5N2S. The van der Waals surface area contributed by atoms with Crippen LogP contribution in [0.3, 0.4) is 0 Å². The lowest BCUT2D eigenvalue weighted by molar-refractivity contribution is 0.375. The van der Waals surface area contributed by atoms with Crippen LogP contribution < -0.4 is 0 Å². The summed E-state index contributed by atoms with van der Waals surface area (Å²) in [7, 11) is 0. The van der Waals surface area contributed by atoms with Crippen LogP contribution in [0.25, 0.3) is 5.69 Å². The Morgan fingerprint density at radius 1 is 0.944 bits per heavy atom. The summed E-state index contributed by atoms with van der Waals surface area (Å²) in [5.41, 5.74) is -0.676. The summed E-state index contributed by atoms with van der Waals surface area (Å²) in [6, 6.07) is 0. The van der Waals surface area contributed by atoms with Crippen molar-refractivity contribution in [2.75, 3.05) is 0 Å². The summed E-state index contributed by atoms with van der Waals surface area (Å²) < 4.78 is 66.3. The zero-order valence-electron chi connectivity index (χ0n) is 8.82. The van der Waals surface area contributed by atoms with Gasteiger partial charge < -0.3 is 4.98 Å². The van der Waals surface area contributed by atoms with Gasteiger partial charge in [0.15, 0.2) is 28.0 Å². The highest BCUT2D eigenvalue weighted by Gasteiger charge is 2.27. The zero-order valence-corrected chi connectivity index (χ0v) is 9.64. The van der Waals surface area contributed by atoms with Crippen molar-refractivity contribution in [2.45, 2.75) is 6.92 Å². The van der Waals surface area contributed by atoms with Crippen LogP contribution in [0.15, 0.2) is 6.20 Å². The third-order valence-corrected chi connectivity index (χ3v) is 2.57. The maximum absolute atomic E-state index is 13.5. The van der Waals surface area contributed by atoms with Gasteiger partial charge in [0, 0.05) is 11.9 Å². The Labute approximate surface area is 103 Å². The highest BCUT2D eigenvalue weighted by molar-refractivity contribution is 7.71. The molecule has 0 fully saturated rings. The average molecular weight is 280 g/mol. The molecule has 8 heteroatoms. The molecular weight excluding hydrogens is 275 g/mol. The molecule has 1 aromatic carbocycles. The second kappa shape index (κ2) is 4.20. The van der Waals surface area contributed by atoms with Gasteiger partial charge in [-0.1, -0.05) is 0 Å². The SMILES string of the molecule is Cc1cn(-c2c(F)c(F)c(F)c(F)c2F)c(=S)[nH]1. The van der Waals surface area contributed by atoms with Crippen LogP contribution in [0.4, 0.5) is 22.0 Å². The molecule has 96 valence electrons. The molecule has 0 aliphatic carbocycles. The first-order valence-corrected chi connectivity index (χ1v) is 5.05. The molecule has 0 bridgehead atoms. The Kier molecular flexibility index (Phi) is 2.97. The Morgan fingerprint density at radius 3 is 1.78 bits per heavy atom. The molecule has 0 spiro atoms. The number of hydrogen-bond donors (Lipinski definition) is 1. The van der Waals surface area contributed by atoms with Crippen molar-refractivity contribution >= 4 is 12.2 Å². The van der Waals surface area contributed by atoms with E-state index < -0.39 is 34.8 Å². The van der Waals surface area contributed by atoms with Crippen LogP contribution in [0, 0.1) is 40.8 Å². The van der Waals surface area contributed by atoms with Gasteiger partial charge in [0.05, 0.1) is 0 Å². The van der Waals surface area contributed by atoms with Crippen LogP contribution in [-0.2, 0) is 0 Å². The first-order valence-electron chi connectivity index (χ1n) is 4.64. The van der Waals surface area contributed by atoms with Crippen LogP contribution in [0.2, 0.25) is 0 Å². The fraction of sp³-hybridized carbons (Fsp3) is 0.100. The number of nitrogens with one attached hydrogen (secondary N) is 1. The maximum atomic E-state index is 13.5. The summed E-state index contributed by atoms with van der Waals surface area (Å²) >= 11 is 4.73. The van der Waals surface area contributed by atoms with Crippen molar-refractivity contribution in [2.24, 2.45) is 0 Å². The zero-order chi connectivity index (χ0) is 13.6. The van der Waals surface area contributed by atoms with Crippen molar-refractivity contribution in [3.05, 3.63) is 45.7 Å². The lowest BCUT2D eigenvalue weighted by Gasteiger charge is -2.08. The molecule has 0 saturated carbocycles. The smallest absolute Gasteiger partial charge is 0.200 e. The molecule has 1 aromatic heterocycles. The van der Waals surface area contributed by atoms with Crippen LogP contribution in [0.1, 0.15) is 5.69 Å². The number of nitrogens with zero attached hydrogens (tertiary/aromatic N) is 1. The molecule has 1 heterocycles. The quantitative estimate of drug-likeness (QED) is 0.367. The van der Waals surface area contributed by atoms with Gasteiger partial charge in [-0.05, 0) is 19.1 Å². The van der Waals surface area contributed by atoms with Crippen LogP contribution in [-0.4, -0.2) is 9.55 Å². The second-order valence-electron chi connectivity index (χ2n) is 3.53. The minimum Gasteiger partial charge on any atom is -0.335 e. The number of aromatic nitrogens is 2. The van der Waals surface area contributed by atoms with Gasteiger partial charge >= 0.3 is 0 Å². The monoisotopic (exact) mass is 280 g/mol. The van der Waals surface area contributed by atoms with E-state index in [1.807, 2.05) is 0 Å². The van der Waals surface area contributed by atoms with E-state index in [1.54, 1.807) is 0 Å². The van der Waals surface area contributed by atoms with E-state index in [9.17, 15) is 22.0 Å². The fourth-order valence-corrected chi connectivity index (χ4v) is 1.79. The highest BCUT2D eigenvalue weighted by Crippen LogP contribution is 2.26. The molecule has 18 heavy (non-hydrogen) atoms. The van der Waals surface area contributed by atoms with Crippen LogP contribution >= 0.6 is 12.2 Å². The number of imidazole rings is 1. The Bertz CT molecular complexity index is 659. The number of hydrogen-bond acceptors (Lipinski definition) is 1. The Hall–Kier alpha value is -1.70. The third kappa shape index (κ3) is 1.72. The summed E-state index contributed by atoms with van der Waals surface area (Å²) in [5.74, 6) is -10.1. The topological polar surface area (TPSA) is 20.7 Å². The van der Waals surface area contributed by atoms with Crippen molar-refractivity contribution in [3.63, 3.8) is 0 Å². The van der Waals surface area contributed by atoms with E-state index in [1.165, 1.54) is 6.92 Å². The highest BCUT2D eigenvalue weighted by atomic mass is 32.1. The number of rotatable bonds is 1. The minimum atomic E-state index is -2.20. The number of aromatic amines is 1. The van der Waals surface area contributed by atoms with Crippen molar-refractivity contribution in [1.82, 2.24) is 9.55 Å². The second-order valence-corrected chi connectivity index (χ2v) is 3.92. The van der Waals surface area contributed by atoms with Gasteiger partial charge in [-0.2, -0.15) is 0 Å². The molecule has 0 aliphatic rings. The maximum Gasteiger partial charge on any atom is 0.200 e. The molecule has 0 atom stereocenters. The van der Waals surface area contributed by atoms with Gasteiger partial charge in [-0.25, -0.2) is 22.0 Å². The van der Waals surface area contributed by atoms with Gasteiger partial charge in [0.1, 0.15) is 5.69 Å². The Morgan fingerprint density at radius 2 is 1.39 bits per heavy atom. The van der Waals surface area contributed by atoms with Gasteiger partial charge in [-0.3, -0.25) is 4.57 Å². The van der Waals surface area contributed by atoms with Gasteiger partial charge in [-0.15, -0.1) is 0 Å². The van der Waals surface area contributed by atoms with Gasteiger partial charge in [0.25, 0.3) is 0 Å². The first kappa shape index (κ1) is 12.7. The molecule has 1 N–H and O–H groups in total. The predicted octanol–water partition coefficient (Wildman–Crippen LogP) is 3.54. The minimum absolute atomic E-state index is 0.171. The van der Waals surface area contributed by atoms with E-state index in [0.29, 0.717) is 10.3 Å². The van der Waals surface area contributed by atoms with Crippen molar-refractivity contribution in [3.8, 4) is 5.69 Å². The van der Waals surface area contributed by atoms with E-state index in [2.05, 4.69) is 4.98 Å².